The molecule has 4 nitrogen and oxygen atoms in total. The highest BCUT2D eigenvalue weighted by Crippen LogP contribution is 2.18. The van der Waals surface area contributed by atoms with E-state index in [9.17, 15) is 4.79 Å². The first-order valence-electron chi connectivity index (χ1n) is 8.61. The number of aromatic nitrogens is 2. The summed E-state index contributed by atoms with van der Waals surface area (Å²) in [4.78, 5) is 12.5. The van der Waals surface area contributed by atoms with Crippen LogP contribution in [-0.4, -0.2) is 15.7 Å². The number of benzene rings is 3. The maximum atomic E-state index is 12.5. The van der Waals surface area contributed by atoms with Gasteiger partial charge in [-0.3, -0.25) is 9.48 Å². The lowest BCUT2D eigenvalue weighted by atomic mass is 10.0. The van der Waals surface area contributed by atoms with Gasteiger partial charge in [0.25, 0.3) is 5.91 Å². The SMILES string of the molecule is O=C(NCc1cccc2ccccc12)c1cnn(Cc2ccccc2)c1. The minimum atomic E-state index is -0.114. The van der Waals surface area contributed by atoms with Crippen molar-refractivity contribution in [1.82, 2.24) is 15.1 Å². The third-order valence-electron chi connectivity index (χ3n) is 4.40. The van der Waals surface area contributed by atoms with E-state index in [1.165, 1.54) is 5.39 Å². The fourth-order valence-corrected chi connectivity index (χ4v) is 3.06. The fourth-order valence-electron chi connectivity index (χ4n) is 3.06. The van der Waals surface area contributed by atoms with E-state index in [4.69, 9.17) is 0 Å². The van der Waals surface area contributed by atoms with Crippen LogP contribution in [0.3, 0.4) is 0 Å². The van der Waals surface area contributed by atoms with Crippen LogP contribution in [-0.2, 0) is 13.1 Å². The summed E-state index contributed by atoms with van der Waals surface area (Å²) in [7, 11) is 0. The molecule has 128 valence electrons. The predicted octanol–water partition coefficient (Wildman–Crippen LogP) is 4.01. The normalized spacial score (nSPS) is 10.8. The third kappa shape index (κ3) is 3.49. The molecular formula is C22H19N3O. The predicted molar refractivity (Wildman–Crippen MR) is 103 cm³/mol. The van der Waals surface area contributed by atoms with Gasteiger partial charge in [0.15, 0.2) is 0 Å². The van der Waals surface area contributed by atoms with Gasteiger partial charge in [-0.15, -0.1) is 0 Å². The number of hydrogen-bond donors (Lipinski definition) is 1. The first kappa shape index (κ1) is 16.1. The molecule has 0 fully saturated rings. The second-order valence-electron chi connectivity index (χ2n) is 6.23. The van der Waals surface area contributed by atoms with Crippen molar-refractivity contribution in [3.8, 4) is 0 Å². The lowest BCUT2D eigenvalue weighted by Gasteiger charge is -2.07. The van der Waals surface area contributed by atoms with Crippen molar-refractivity contribution < 1.29 is 4.79 Å². The molecule has 4 rings (SSSR count). The maximum absolute atomic E-state index is 12.5. The molecule has 1 amide bonds. The van der Waals surface area contributed by atoms with Crippen LogP contribution in [0, 0.1) is 0 Å². The van der Waals surface area contributed by atoms with Gasteiger partial charge in [-0.1, -0.05) is 72.8 Å². The Labute approximate surface area is 152 Å². The van der Waals surface area contributed by atoms with E-state index in [2.05, 4.69) is 28.6 Å². The molecule has 0 radical (unpaired) electrons. The van der Waals surface area contributed by atoms with E-state index < -0.39 is 0 Å². The highest BCUT2D eigenvalue weighted by atomic mass is 16.1. The molecule has 0 bridgehead atoms. The van der Waals surface area contributed by atoms with Crippen LogP contribution in [0.1, 0.15) is 21.5 Å². The monoisotopic (exact) mass is 341 g/mol. The third-order valence-corrected chi connectivity index (χ3v) is 4.40. The van der Waals surface area contributed by atoms with E-state index in [0.717, 1.165) is 16.5 Å². The van der Waals surface area contributed by atoms with Gasteiger partial charge < -0.3 is 5.32 Å². The largest absolute Gasteiger partial charge is 0.348 e. The zero-order chi connectivity index (χ0) is 17.8. The molecule has 26 heavy (non-hydrogen) atoms. The van der Waals surface area contributed by atoms with Crippen LogP contribution in [0.4, 0.5) is 0 Å². The molecule has 0 saturated heterocycles. The zero-order valence-electron chi connectivity index (χ0n) is 14.3. The fraction of sp³-hybridized carbons (Fsp3) is 0.0909. The Morgan fingerprint density at radius 2 is 1.69 bits per heavy atom. The summed E-state index contributed by atoms with van der Waals surface area (Å²) < 4.78 is 1.78. The van der Waals surface area contributed by atoms with Gasteiger partial charge >= 0.3 is 0 Å². The van der Waals surface area contributed by atoms with Gasteiger partial charge in [0.1, 0.15) is 0 Å². The zero-order valence-corrected chi connectivity index (χ0v) is 14.3. The van der Waals surface area contributed by atoms with E-state index in [-0.39, 0.29) is 5.91 Å². The molecule has 1 heterocycles. The van der Waals surface area contributed by atoms with Crippen LogP contribution < -0.4 is 5.32 Å². The molecule has 1 N–H and O–H groups in total. The molecule has 0 atom stereocenters. The van der Waals surface area contributed by atoms with E-state index in [1.807, 2.05) is 54.6 Å². The summed E-state index contributed by atoms with van der Waals surface area (Å²) in [5.41, 5.74) is 2.83. The number of rotatable bonds is 5. The van der Waals surface area contributed by atoms with Crippen LogP contribution in [0.2, 0.25) is 0 Å². The number of carbonyl (C=O) groups excluding carboxylic acids is 1. The number of hydrogen-bond acceptors (Lipinski definition) is 2. The molecule has 4 aromatic rings. The molecule has 0 aliphatic heterocycles. The van der Waals surface area contributed by atoms with Crippen molar-refractivity contribution in [1.29, 1.82) is 0 Å². The molecule has 0 aliphatic rings. The molecule has 1 aromatic heterocycles. The number of carbonyl (C=O) groups is 1. The van der Waals surface area contributed by atoms with E-state index in [1.54, 1.807) is 17.1 Å². The highest BCUT2D eigenvalue weighted by molar-refractivity contribution is 5.94. The van der Waals surface area contributed by atoms with Gasteiger partial charge in [-0.05, 0) is 21.9 Å². The minimum absolute atomic E-state index is 0.114. The van der Waals surface area contributed by atoms with Crippen LogP contribution in [0.15, 0.2) is 85.2 Å². The van der Waals surface area contributed by atoms with Gasteiger partial charge in [0.05, 0.1) is 18.3 Å². The Hall–Kier alpha value is -3.40. The van der Waals surface area contributed by atoms with Crippen molar-refractivity contribution >= 4 is 16.7 Å². The Balaban J connectivity index is 1.44. The molecule has 0 spiro atoms. The standard InChI is InChI=1S/C22H19N3O/c26-22(20-14-24-25(16-20)15-17-7-2-1-3-8-17)23-13-19-11-6-10-18-9-4-5-12-21(18)19/h1-12,14,16H,13,15H2,(H,23,26). The van der Waals surface area contributed by atoms with Crippen molar-refractivity contribution in [2.75, 3.05) is 0 Å². The van der Waals surface area contributed by atoms with Gasteiger partial charge in [-0.2, -0.15) is 5.10 Å². The van der Waals surface area contributed by atoms with Crippen LogP contribution in [0.25, 0.3) is 10.8 Å². The Morgan fingerprint density at radius 3 is 2.58 bits per heavy atom. The van der Waals surface area contributed by atoms with Crippen molar-refractivity contribution in [2.45, 2.75) is 13.1 Å². The summed E-state index contributed by atoms with van der Waals surface area (Å²) in [6.45, 7) is 1.14. The Kier molecular flexibility index (Phi) is 4.48. The molecule has 0 aliphatic carbocycles. The molecule has 0 saturated carbocycles. The molecule has 4 heteroatoms. The average molecular weight is 341 g/mol. The molecule has 0 unspecified atom stereocenters. The number of fused-ring (bicyclic) bond motifs is 1. The lowest BCUT2D eigenvalue weighted by molar-refractivity contribution is 0.0951. The highest BCUT2D eigenvalue weighted by Gasteiger charge is 2.09. The Bertz CT molecular complexity index is 1030. The van der Waals surface area contributed by atoms with Crippen LogP contribution >= 0.6 is 0 Å². The van der Waals surface area contributed by atoms with Crippen molar-refractivity contribution in [2.24, 2.45) is 0 Å². The summed E-state index contributed by atoms with van der Waals surface area (Å²) in [5, 5.41) is 9.62. The lowest BCUT2D eigenvalue weighted by Crippen LogP contribution is -2.22. The minimum Gasteiger partial charge on any atom is -0.348 e. The maximum Gasteiger partial charge on any atom is 0.254 e. The van der Waals surface area contributed by atoms with Crippen molar-refractivity contribution in [3.63, 3.8) is 0 Å². The Morgan fingerprint density at radius 1 is 0.923 bits per heavy atom. The van der Waals surface area contributed by atoms with E-state index >= 15 is 0 Å². The van der Waals surface area contributed by atoms with E-state index in [0.29, 0.717) is 18.7 Å². The summed E-state index contributed by atoms with van der Waals surface area (Å²) in [6, 6.07) is 24.4. The second-order valence-corrected chi connectivity index (χ2v) is 6.23. The first-order valence-corrected chi connectivity index (χ1v) is 8.61. The quantitative estimate of drug-likeness (QED) is 0.596. The number of amides is 1. The van der Waals surface area contributed by atoms with Gasteiger partial charge in [0.2, 0.25) is 0 Å². The van der Waals surface area contributed by atoms with Crippen LogP contribution in [0.5, 0.6) is 0 Å². The summed E-state index contributed by atoms with van der Waals surface area (Å²) >= 11 is 0. The first-order chi connectivity index (χ1) is 12.8. The summed E-state index contributed by atoms with van der Waals surface area (Å²) in [6.07, 6.45) is 3.40. The number of nitrogens with one attached hydrogen (secondary N) is 1. The second kappa shape index (κ2) is 7.23. The van der Waals surface area contributed by atoms with Gasteiger partial charge in [0, 0.05) is 12.7 Å². The molecule has 3 aromatic carbocycles. The van der Waals surface area contributed by atoms with Gasteiger partial charge in [-0.25, -0.2) is 0 Å². The van der Waals surface area contributed by atoms with Crippen molar-refractivity contribution in [3.05, 3.63) is 102 Å². The topological polar surface area (TPSA) is 46.9 Å². The summed E-state index contributed by atoms with van der Waals surface area (Å²) in [5.74, 6) is -0.114. The average Bonchev–Trinajstić information content (AvgIpc) is 3.15. The number of nitrogens with zero attached hydrogens (tertiary/aromatic N) is 2. The smallest absolute Gasteiger partial charge is 0.254 e. The molecular weight excluding hydrogens is 322 g/mol.